The van der Waals surface area contributed by atoms with Crippen molar-refractivity contribution in [2.75, 3.05) is 11.9 Å². The minimum Gasteiger partial charge on any atom is -0.364 e. The highest BCUT2D eigenvalue weighted by Crippen LogP contribution is 2.22. The van der Waals surface area contributed by atoms with Crippen LogP contribution in [0.5, 0.6) is 0 Å². The first-order chi connectivity index (χ1) is 11.2. The Labute approximate surface area is 133 Å². The number of nitrogens with zero attached hydrogens (tertiary/aromatic N) is 2. The van der Waals surface area contributed by atoms with Crippen LogP contribution in [0.3, 0.4) is 0 Å². The summed E-state index contributed by atoms with van der Waals surface area (Å²) >= 11 is 0. The predicted octanol–water partition coefficient (Wildman–Crippen LogP) is 2.98. The number of ether oxygens (including phenoxy) is 1. The lowest BCUT2D eigenvalue weighted by Gasteiger charge is -2.17. The van der Waals surface area contributed by atoms with Gasteiger partial charge >= 0.3 is 0 Å². The minimum atomic E-state index is -0.651. The molecule has 1 atom stereocenters. The number of aromatic amines is 1. The molecule has 0 saturated heterocycles. The van der Waals surface area contributed by atoms with E-state index in [-0.39, 0.29) is 5.91 Å². The SMILES string of the molecule is CCOC(C(=O)Nc1cnc2n[nH]c(C)c2c1)c1ccccc1. The predicted molar refractivity (Wildman–Crippen MR) is 88.1 cm³/mol. The summed E-state index contributed by atoms with van der Waals surface area (Å²) in [5.41, 5.74) is 2.98. The van der Waals surface area contributed by atoms with Crippen LogP contribution in [0.1, 0.15) is 24.3 Å². The van der Waals surface area contributed by atoms with Crippen molar-refractivity contribution in [1.82, 2.24) is 15.2 Å². The number of aryl methyl sites for hydroxylation is 1. The first kappa shape index (κ1) is 15.2. The molecule has 6 nitrogen and oxygen atoms in total. The van der Waals surface area contributed by atoms with Crippen LogP contribution in [0, 0.1) is 6.92 Å². The molecule has 2 heterocycles. The van der Waals surface area contributed by atoms with Gasteiger partial charge in [0, 0.05) is 17.7 Å². The third-order valence-electron chi connectivity index (χ3n) is 3.54. The largest absolute Gasteiger partial charge is 0.364 e. The van der Waals surface area contributed by atoms with Crippen LogP contribution in [-0.2, 0) is 9.53 Å². The number of rotatable bonds is 5. The summed E-state index contributed by atoms with van der Waals surface area (Å²) < 4.78 is 5.61. The third kappa shape index (κ3) is 3.22. The molecule has 0 fully saturated rings. The van der Waals surface area contributed by atoms with E-state index in [4.69, 9.17) is 4.74 Å². The number of carbonyl (C=O) groups is 1. The van der Waals surface area contributed by atoms with Gasteiger partial charge in [0.05, 0.1) is 11.9 Å². The molecule has 3 aromatic rings. The summed E-state index contributed by atoms with van der Waals surface area (Å²) in [5, 5.41) is 10.7. The first-order valence-electron chi connectivity index (χ1n) is 7.47. The maximum Gasteiger partial charge on any atom is 0.258 e. The van der Waals surface area contributed by atoms with E-state index in [0.717, 1.165) is 16.6 Å². The number of H-pyrrole nitrogens is 1. The van der Waals surface area contributed by atoms with Crippen molar-refractivity contribution in [1.29, 1.82) is 0 Å². The number of hydrogen-bond donors (Lipinski definition) is 2. The van der Waals surface area contributed by atoms with E-state index in [1.807, 2.05) is 50.2 Å². The molecule has 2 aromatic heterocycles. The molecule has 0 radical (unpaired) electrons. The molecule has 0 aliphatic rings. The van der Waals surface area contributed by atoms with Crippen molar-refractivity contribution in [3.63, 3.8) is 0 Å². The zero-order chi connectivity index (χ0) is 16.2. The Balaban J connectivity index is 1.84. The van der Waals surface area contributed by atoms with Gasteiger partial charge in [0.15, 0.2) is 11.8 Å². The van der Waals surface area contributed by atoms with Crippen LogP contribution in [0.25, 0.3) is 11.0 Å². The van der Waals surface area contributed by atoms with E-state index in [2.05, 4.69) is 20.5 Å². The summed E-state index contributed by atoms with van der Waals surface area (Å²) in [6.45, 7) is 4.23. The smallest absolute Gasteiger partial charge is 0.258 e. The van der Waals surface area contributed by atoms with Gasteiger partial charge < -0.3 is 10.1 Å². The molecule has 2 N–H and O–H groups in total. The van der Waals surface area contributed by atoms with Gasteiger partial charge in [-0.3, -0.25) is 9.89 Å². The Bertz CT molecular complexity index is 814. The number of benzene rings is 1. The van der Waals surface area contributed by atoms with Crippen LogP contribution < -0.4 is 5.32 Å². The van der Waals surface area contributed by atoms with E-state index in [0.29, 0.717) is 17.9 Å². The molecule has 118 valence electrons. The summed E-state index contributed by atoms with van der Waals surface area (Å²) in [5.74, 6) is -0.222. The van der Waals surface area contributed by atoms with E-state index < -0.39 is 6.10 Å². The fraction of sp³-hybridized carbons (Fsp3) is 0.235. The third-order valence-corrected chi connectivity index (χ3v) is 3.54. The number of hydrogen-bond acceptors (Lipinski definition) is 4. The van der Waals surface area contributed by atoms with Gasteiger partial charge in [-0.25, -0.2) is 4.98 Å². The van der Waals surface area contributed by atoms with Gasteiger partial charge in [0.25, 0.3) is 5.91 Å². The van der Waals surface area contributed by atoms with Crippen molar-refractivity contribution in [2.45, 2.75) is 20.0 Å². The maximum atomic E-state index is 12.6. The number of carbonyl (C=O) groups excluding carboxylic acids is 1. The van der Waals surface area contributed by atoms with Gasteiger partial charge in [-0.05, 0) is 25.5 Å². The number of anilines is 1. The Kier molecular flexibility index (Phi) is 4.34. The van der Waals surface area contributed by atoms with E-state index in [9.17, 15) is 4.79 Å². The van der Waals surface area contributed by atoms with Crippen molar-refractivity contribution in [2.24, 2.45) is 0 Å². The fourth-order valence-corrected chi connectivity index (χ4v) is 2.41. The molecule has 1 unspecified atom stereocenters. The lowest BCUT2D eigenvalue weighted by Crippen LogP contribution is -2.23. The molecule has 0 aliphatic carbocycles. The Hall–Kier alpha value is -2.73. The number of amides is 1. The van der Waals surface area contributed by atoms with Crippen molar-refractivity contribution < 1.29 is 9.53 Å². The van der Waals surface area contributed by atoms with Gasteiger partial charge in [0.2, 0.25) is 0 Å². The molecular weight excluding hydrogens is 292 g/mol. The fourth-order valence-electron chi connectivity index (χ4n) is 2.41. The van der Waals surface area contributed by atoms with Crippen molar-refractivity contribution in [3.8, 4) is 0 Å². The normalized spacial score (nSPS) is 12.3. The average molecular weight is 310 g/mol. The van der Waals surface area contributed by atoms with Gasteiger partial charge in [-0.2, -0.15) is 5.10 Å². The Morgan fingerprint density at radius 3 is 2.87 bits per heavy atom. The summed E-state index contributed by atoms with van der Waals surface area (Å²) in [6.07, 6.45) is 0.941. The summed E-state index contributed by atoms with van der Waals surface area (Å²) in [4.78, 5) is 16.8. The number of aromatic nitrogens is 3. The van der Waals surface area contributed by atoms with E-state index in [1.54, 1.807) is 6.20 Å². The van der Waals surface area contributed by atoms with Crippen LogP contribution in [0.2, 0.25) is 0 Å². The second-order valence-electron chi connectivity index (χ2n) is 5.18. The van der Waals surface area contributed by atoms with Gasteiger partial charge in [-0.15, -0.1) is 0 Å². The van der Waals surface area contributed by atoms with Crippen molar-refractivity contribution >= 4 is 22.6 Å². The highest BCUT2D eigenvalue weighted by Gasteiger charge is 2.21. The maximum absolute atomic E-state index is 12.6. The van der Waals surface area contributed by atoms with Crippen molar-refractivity contribution in [3.05, 3.63) is 53.9 Å². The monoisotopic (exact) mass is 310 g/mol. The molecular formula is C17H18N4O2. The van der Waals surface area contributed by atoms with Gasteiger partial charge in [0.1, 0.15) is 0 Å². The standard InChI is InChI=1S/C17H18N4O2/c1-3-23-15(12-7-5-4-6-8-12)17(22)19-13-9-14-11(2)20-21-16(14)18-10-13/h4-10,15H,3H2,1-2H3,(H,19,22)(H,18,20,21). The zero-order valence-electron chi connectivity index (χ0n) is 13.0. The molecule has 0 saturated carbocycles. The number of nitrogens with one attached hydrogen (secondary N) is 2. The molecule has 23 heavy (non-hydrogen) atoms. The van der Waals surface area contributed by atoms with Crippen LogP contribution in [-0.4, -0.2) is 27.7 Å². The lowest BCUT2D eigenvalue weighted by atomic mass is 10.1. The molecule has 1 amide bonds. The highest BCUT2D eigenvalue weighted by atomic mass is 16.5. The lowest BCUT2D eigenvalue weighted by molar-refractivity contribution is -0.127. The summed E-state index contributed by atoms with van der Waals surface area (Å²) in [7, 11) is 0. The van der Waals surface area contributed by atoms with E-state index >= 15 is 0 Å². The molecule has 0 spiro atoms. The molecule has 6 heteroatoms. The topological polar surface area (TPSA) is 79.9 Å². The molecule has 3 rings (SSSR count). The quantitative estimate of drug-likeness (QED) is 0.759. The average Bonchev–Trinajstić information content (AvgIpc) is 2.94. The summed E-state index contributed by atoms with van der Waals surface area (Å²) in [6, 6.07) is 11.3. The Morgan fingerprint density at radius 1 is 1.35 bits per heavy atom. The molecule has 0 bridgehead atoms. The number of fused-ring (bicyclic) bond motifs is 1. The van der Waals surface area contributed by atoms with Gasteiger partial charge in [-0.1, -0.05) is 30.3 Å². The van der Waals surface area contributed by atoms with Crippen LogP contribution in [0.4, 0.5) is 5.69 Å². The highest BCUT2D eigenvalue weighted by molar-refractivity contribution is 5.96. The minimum absolute atomic E-state index is 0.222. The van der Waals surface area contributed by atoms with Crippen LogP contribution >= 0.6 is 0 Å². The molecule has 0 aliphatic heterocycles. The molecule has 1 aromatic carbocycles. The van der Waals surface area contributed by atoms with E-state index in [1.165, 1.54) is 0 Å². The van der Waals surface area contributed by atoms with Crippen LogP contribution in [0.15, 0.2) is 42.6 Å². The second-order valence-corrected chi connectivity index (χ2v) is 5.18. The second kappa shape index (κ2) is 6.58. The zero-order valence-corrected chi connectivity index (χ0v) is 13.0. The number of pyridine rings is 1. The Morgan fingerprint density at radius 2 is 2.13 bits per heavy atom. The first-order valence-corrected chi connectivity index (χ1v) is 7.47.